The van der Waals surface area contributed by atoms with Crippen LogP contribution in [0.4, 0.5) is 5.82 Å². The van der Waals surface area contributed by atoms with Crippen molar-refractivity contribution in [1.29, 1.82) is 0 Å². The van der Waals surface area contributed by atoms with E-state index in [2.05, 4.69) is 20.3 Å². The number of carbonyl (C=O) groups excluding carboxylic acids is 2. The largest absolute Gasteiger partial charge is 0.379 e. The van der Waals surface area contributed by atoms with Crippen molar-refractivity contribution < 1.29 is 14.2 Å². The Morgan fingerprint density at radius 2 is 2.14 bits per heavy atom. The number of nitrogens with one attached hydrogen (secondary N) is 1. The summed E-state index contributed by atoms with van der Waals surface area (Å²) in [4.78, 5) is 21.9. The average molecular weight is 199 g/mol. The molecule has 8 heteroatoms. The van der Waals surface area contributed by atoms with E-state index in [1.807, 2.05) is 0 Å². The molecule has 0 aliphatic carbocycles. The Labute approximate surface area is 78.6 Å². The Kier molecular flexibility index (Phi) is 2.65. The summed E-state index contributed by atoms with van der Waals surface area (Å²) < 4.78 is 4.21. The van der Waals surface area contributed by atoms with Gasteiger partial charge in [-0.25, -0.2) is 4.63 Å². The van der Waals surface area contributed by atoms with Gasteiger partial charge in [0.15, 0.2) is 0 Å². The van der Waals surface area contributed by atoms with Gasteiger partial charge < -0.3 is 16.8 Å². The predicted molar refractivity (Wildman–Crippen MR) is 44.8 cm³/mol. The summed E-state index contributed by atoms with van der Waals surface area (Å²) in [6.45, 7) is 1.43. The molecule has 8 nitrogen and oxygen atoms in total. The lowest BCUT2D eigenvalue weighted by molar-refractivity contribution is -0.119. The minimum absolute atomic E-state index is 0.140. The highest BCUT2D eigenvalue weighted by molar-refractivity contribution is 5.98. The molecule has 1 aromatic rings. The lowest BCUT2D eigenvalue weighted by Gasteiger charge is -2.07. The number of primary amides is 1. The van der Waals surface area contributed by atoms with Gasteiger partial charge in [-0.1, -0.05) is 0 Å². The number of carbonyl (C=O) groups is 2. The second-order valence-electron chi connectivity index (χ2n) is 2.60. The molecule has 1 heterocycles. The molecule has 0 saturated heterocycles. The Morgan fingerprint density at radius 3 is 2.57 bits per heavy atom. The van der Waals surface area contributed by atoms with E-state index in [-0.39, 0.29) is 11.5 Å². The molecular weight excluding hydrogens is 190 g/mol. The fraction of sp³-hybridized carbons (Fsp3) is 0.333. The van der Waals surface area contributed by atoms with E-state index in [0.29, 0.717) is 0 Å². The van der Waals surface area contributed by atoms with Gasteiger partial charge in [-0.15, -0.1) is 0 Å². The summed E-state index contributed by atoms with van der Waals surface area (Å²) in [7, 11) is 0. The number of amides is 2. The van der Waals surface area contributed by atoms with Crippen molar-refractivity contribution in [2.75, 3.05) is 5.73 Å². The fourth-order valence-electron chi connectivity index (χ4n) is 0.689. The maximum Gasteiger partial charge on any atom is 0.278 e. The summed E-state index contributed by atoms with van der Waals surface area (Å²) in [6, 6.07) is -0.807. The predicted octanol–water partition coefficient (Wildman–Crippen LogP) is -1.74. The molecule has 1 aromatic heterocycles. The number of nitrogen functional groups attached to an aromatic ring is 1. The molecule has 1 rings (SSSR count). The van der Waals surface area contributed by atoms with Gasteiger partial charge in [0.05, 0.1) is 0 Å². The van der Waals surface area contributed by atoms with Crippen LogP contribution in [-0.2, 0) is 4.79 Å². The monoisotopic (exact) mass is 199 g/mol. The van der Waals surface area contributed by atoms with E-state index < -0.39 is 17.9 Å². The molecular formula is C6H9N5O3. The second kappa shape index (κ2) is 3.73. The molecule has 0 unspecified atom stereocenters. The van der Waals surface area contributed by atoms with Crippen molar-refractivity contribution in [3.8, 4) is 0 Å². The summed E-state index contributed by atoms with van der Waals surface area (Å²) in [5.74, 6) is -1.46. The number of rotatable bonds is 3. The Hall–Kier alpha value is -2.12. The van der Waals surface area contributed by atoms with Crippen LogP contribution in [0.3, 0.4) is 0 Å². The van der Waals surface area contributed by atoms with E-state index in [1.54, 1.807) is 0 Å². The number of aromatic nitrogens is 2. The van der Waals surface area contributed by atoms with E-state index in [4.69, 9.17) is 11.5 Å². The summed E-state index contributed by atoms with van der Waals surface area (Å²) in [5.41, 5.74) is 10.0. The maximum absolute atomic E-state index is 11.3. The maximum atomic E-state index is 11.3. The van der Waals surface area contributed by atoms with Crippen LogP contribution >= 0.6 is 0 Å². The van der Waals surface area contributed by atoms with Crippen LogP contribution in [-0.4, -0.2) is 28.2 Å². The van der Waals surface area contributed by atoms with Crippen LogP contribution in [0.1, 0.15) is 17.4 Å². The summed E-state index contributed by atoms with van der Waals surface area (Å²) >= 11 is 0. The highest BCUT2D eigenvalue weighted by Crippen LogP contribution is 2.03. The third-order valence-corrected chi connectivity index (χ3v) is 1.50. The molecule has 0 bridgehead atoms. The van der Waals surface area contributed by atoms with Gasteiger partial charge in [-0.3, -0.25) is 9.59 Å². The smallest absolute Gasteiger partial charge is 0.278 e. The topological polar surface area (TPSA) is 137 Å². The van der Waals surface area contributed by atoms with Gasteiger partial charge in [0, 0.05) is 0 Å². The van der Waals surface area contributed by atoms with Gasteiger partial charge in [0.25, 0.3) is 5.91 Å². The molecule has 0 fully saturated rings. The molecule has 5 N–H and O–H groups in total. The molecule has 0 aliphatic rings. The number of hydrogen-bond acceptors (Lipinski definition) is 6. The number of anilines is 1. The normalized spacial score (nSPS) is 12.1. The van der Waals surface area contributed by atoms with Crippen LogP contribution in [0.25, 0.3) is 0 Å². The zero-order valence-electron chi connectivity index (χ0n) is 7.35. The first kappa shape index (κ1) is 9.96. The van der Waals surface area contributed by atoms with Crippen LogP contribution in [0.2, 0.25) is 0 Å². The van der Waals surface area contributed by atoms with Gasteiger partial charge in [-0.2, -0.15) is 0 Å². The Bertz CT molecular complexity index is 360. The third kappa shape index (κ3) is 1.97. The SMILES string of the molecule is C[C@H](NC(=O)c1nonc1N)C(N)=O. The molecule has 2 amide bonds. The minimum atomic E-state index is -0.807. The zero-order chi connectivity index (χ0) is 10.7. The van der Waals surface area contributed by atoms with Crippen molar-refractivity contribution in [3.05, 3.63) is 5.69 Å². The van der Waals surface area contributed by atoms with E-state index in [0.717, 1.165) is 0 Å². The average Bonchev–Trinajstić information content (AvgIpc) is 2.51. The van der Waals surface area contributed by atoms with Gasteiger partial charge in [0.2, 0.25) is 17.4 Å². The quantitative estimate of drug-likeness (QED) is 0.528. The van der Waals surface area contributed by atoms with Crippen LogP contribution < -0.4 is 16.8 Å². The molecule has 0 spiro atoms. The van der Waals surface area contributed by atoms with Crippen molar-refractivity contribution in [2.24, 2.45) is 5.73 Å². The highest BCUT2D eigenvalue weighted by Gasteiger charge is 2.19. The minimum Gasteiger partial charge on any atom is -0.379 e. The first-order chi connectivity index (χ1) is 6.52. The van der Waals surface area contributed by atoms with E-state index in [9.17, 15) is 9.59 Å². The lowest BCUT2D eigenvalue weighted by Crippen LogP contribution is -2.42. The number of hydrogen-bond donors (Lipinski definition) is 3. The van der Waals surface area contributed by atoms with Crippen LogP contribution in [0.5, 0.6) is 0 Å². The second-order valence-corrected chi connectivity index (χ2v) is 2.60. The van der Waals surface area contributed by atoms with Crippen molar-refractivity contribution in [1.82, 2.24) is 15.6 Å². The van der Waals surface area contributed by atoms with Crippen LogP contribution in [0, 0.1) is 0 Å². The third-order valence-electron chi connectivity index (χ3n) is 1.50. The number of nitrogens with two attached hydrogens (primary N) is 2. The molecule has 0 saturated carbocycles. The zero-order valence-corrected chi connectivity index (χ0v) is 7.35. The van der Waals surface area contributed by atoms with Crippen molar-refractivity contribution in [3.63, 3.8) is 0 Å². The fourth-order valence-corrected chi connectivity index (χ4v) is 0.689. The lowest BCUT2D eigenvalue weighted by atomic mass is 10.3. The van der Waals surface area contributed by atoms with Gasteiger partial charge in [0.1, 0.15) is 6.04 Å². The van der Waals surface area contributed by atoms with Crippen molar-refractivity contribution >= 4 is 17.6 Å². The molecule has 0 aliphatic heterocycles. The molecule has 76 valence electrons. The standard InChI is InChI=1S/C6H9N5O3/c1-2(5(8)12)9-6(13)3-4(7)11-14-10-3/h2H,1H3,(H2,7,11)(H2,8,12)(H,9,13)/t2-/m0/s1. The summed E-state index contributed by atoms with van der Waals surface area (Å²) in [5, 5.41) is 8.72. The first-order valence-corrected chi connectivity index (χ1v) is 3.70. The molecule has 14 heavy (non-hydrogen) atoms. The van der Waals surface area contributed by atoms with Crippen LogP contribution in [0.15, 0.2) is 4.63 Å². The highest BCUT2D eigenvalue weighted by atomic mass is 16.6. The van der Waals surface area contributed by atoms with Crippen molar-refractivity contribution in [2.45, 2.75) is 13.0 Å². The number of nitrogens with zero attached hydrogens (tertiary/aromatic N) is 2. The molecule has 0 radical (unpaired) electrons. The van der Waals surface area contributed by atoms with E-state index >= 15 is 0 Å². The van der Waals surface area contributed by atoms with Gasteiger partial charge in [-0.05, 0) is 17.2 Å². The van der Waals surface area contributed by atoms with Gasteiger partial charge >= 0.3 is 0 Å². The molecule has 1 atom stereocenters. The van der Waals surface area contributed by atoms with E-state index in [1.165, 1.54) is 6.92 Å². The Morgan fingerprint density at radius 1 is 1.50 bits per heavy atom. The molecule has 0 aromatic carbocycles. The first-order valence-electron chi connectivity index (χ1n) is 3.70. The summed E-state index contributed by atoms with van der Waals surface area (Å²) in [6.07, 6.45) is 0. The Balaban J connectivity index is 2.69.